The smallest absolute Gasteiger partial charge is 0.350 e. The van der Waals surface area contributed by atoms with Crippen LogP contribution >= 0.6 is 0 Å². The quantitative estimate of drug-likeness (QED) is 0.697. The van der Waals surface area contributed by atoms with Gasteiger partial charge in [0.1, 0.15) is 17.2 Å². The van der Waals surface area contributed by atoms with Gasteiger partial charge in [0.05, 0.1) is 6.54 Å². The van der Waals surface area contributed by atoms with Gasteiger partial charge in [-0.25, -0.2) is 9.18 Å². The minimum absolute atomic E-state index is 0.256. The van der Waals surface area contributed by atoms with Crippen molar-refractivity contribution in [3.8, 4) is 11.8 Å². The molecule has 1 spiro atoms. The normalized spacial score (nSPS) is 33.2. The summed E-state index contributed by atoms with van der Waals surface area (Å²) in [5, 5.41) is 0. The van der Waals surface area contributed by atoms with Crippen molar-refractivity contribution < 1.29 is 9.18 Å². The lowest BCUT2D eigenvalue weighted by molar-refractivity contribution is 0.139. The van der Waals surface area contributed by atoms with Gasteiger partial charge in [-0.15, -0.1) is 5.92 Å². The van der Waals surface area contributed by atoms with Crippen molar-refractivity contribution in [2.24, 2.45) is 10.9 Å². The molecule has 0 N–H and O–H groups in total. The monoisotopic (exact) mass is 408 g/mol. The number of rotatable bonds is 2. The van der Waals surface area contributed by atoms with Crippen LogP contribution < -0.4 is 4.90 Å². The number of anilines is 1. The number of piperidine rings is 2. The van der Waals surface area contributed by atoms with Crippen LogP contribution in [0.3, 0.4) is 0 Å². The zero-order chi connectivity index (χ0) is 20.9. The summed E-state index contributed by atoms with van der Waals surface area (Å²) in [5.41, 5.74) is 0.0994. The van der Waals surface area contributed by atoms with Gasteiger partial charge in [-0.1, -0.05) is 12.0 Å². The fourth-order valence-electron chi connectivity index (χ4n) is 6.11. The van der Waals surface area contributed by atoms with Crippen LogP contribution in [0.5, 0.6) is 0 Å². The highest BCUT2D eigenvalue weighted by molar-refractivity contribution is 6.16. The Balaban J connectivity index is 1.53. The lowest BCUT2D eigenvalue weighted by Gasteiger charge is -2.50. The highest BCUT2D eigenvalue weighted by atomic mass is 19.1. The van der Waals surface area contributed by atoms with Gasteiger partial charge < -0.3 is 4.90 Å². The van der Waals surface area contributed by atoms with Crippen molar-refractivity contribution in [3.63, 3.8) is 0 Å². The molecule has 2 unspecified atom stereocenters. The van der Waals surface area contributed by atoms with Crippen LogP contribution in [0.25, 0.3) is 0 Å². The number of fused-ring (bicyclic) bond motifs is 2. The molecule has 30 heavy (non-hydrogen) atoms. The molecule has 1 aromatic rings. The predicted octanol–water partition coefficient (Wildman–Crippen LogP) is 3.89. The number of carbonyl (C=O) groups excluding carboxylic acids is 1. The first kappa shape index (κ1) is 19.6. The molecule has 1 saturated carbocycles. The first-order chi connectivity index (χ1) is 14.5. The Labute approximate surface area is 177 Å². The Bertz CT molecular complexity index is 950. The van der Waals surface area contributed by atoms with Gasteiger partial charge in [-0.2, -0.15) is 4.99 Å². The summed E-state index contributed by atoms with van der Waals surface area (Å²) in [4.78, 5) is 24.5. The Kier molecular flexibility index (Phi) is 4.82. The van der Waals surface area contributed by atoms with Crippen LogP contribution in [0.15, 0.2) is 29.3 Å². The molecule has 6 heteroatoms. The molecule has 5 nitrogen and oxygen atoms in total. The number of amidine groups is 1. The average molecular weight is 409 g/mol. The number of hydrogen-bond donors (Lipinski definition) is 0. The van der Waals surface area contributed by atoms with Crippen molar-refractivity contribution >= 4 is 17.6 Å². The number of likely N-dealkylation sites (tertiary alicyclic amines) is 2. The minimum atomic E-state index is -0.509. The molecule has 0 radical (unpaired) electrons. The second-order valence-electron chi connectivity index (χ2n) is 9.25. The van der Waals surface area contributed by atoms with Gasteiger partial charge in [0, 0.05) is 30.9 Å². The number of urea groups is 1. The van der Waals surface area contributed by atoms with E-state index in [2.05, 4.69) is 33.6 Å². The van der Waals surface area contributed by atoms with Crippen LogP contribution in [0, 0.1) is 23.6 Å². The standard InChI is InChI=1S/C24H29FN4O/c1-3-4-11-27-12-10-24(15-17(27)2)22(28-16-18-8-9-20(28)13-18)26-23(30)29(24)21-7-5-6-19(25)14-21/h5-7,14,17-18,20H,8-13,15-16H2,1-2H3/t17-,18?,20?,24+/m0/s1. The van der Waals surface area contributed by atoms with Crippen LogP contribution in [0.4, 0.5) is 14.9 Å². The van der Waals surface area contributed by atoms with E-state index in [1.165, 1.54) is 31.4 Å². The van der Waals surface area contributed by atoms with E-state index < -0.39 is 5.54 Å². The third-order valence-electron chi connectivity index (χ3n) is 7.51. The number of hydrogen-bond acceptors (Lipinski definition) is 3. The molecule has 5 rings (SSSR count). The molecule has 1 aromatic carbocycles. The molecule has 2 bridgehead atoms. The number of nitrogens with zero attached hydrogens (tertiary/aromatic N) is 4. The molecule has 1 aliphatic carbocycles. The van der Waals surface area contributed by atoms with Gasteiger partial charge in [0.2, 0.25) is 0 Å². The summed E-state index contributed by atoms with van der Waals surface area (Å²) >= 11 is 0. The maximum atomic E-state index is 14.1. The second-order valence-corrected chi connectivity index (χ2v) is 9.25. The zero-order valence-corrected chi connectivity index (χ0v) is 17.8. The zero-order valence-electron chi connectivity index (χ0n) is 17.8. The number of halogens is 1. The molecule has 3 fully saturated rings. The maximum Gasteiger partial charge on any atom is 0.350 e. The molecule has 2 saturated heterocycles. The van der Waals surface area contributed by atoms with Gasteiger partial charge in [-0.05, 0) is 70.1 Å². The van der Waals surface area contributed by atoms with Crippen LogP contribution in [-0.4, -0.2) is 58.9 Å². The number of benzene rings is 1. The van der Waals surface area contributed by atoms with E-state index >= 15 is 0 Å². The Morgan fingerprint density at radius 1 is 1.33 bits per heavy atom. The van der Waals surface area contributed by atoms with Gasteiger partial charge in [0.25, 0.3) is 0 Å². The van der Waals surface area contributed by atoms with Crippen LogP contribution in [0.2, 0.25) is 0 Å². The van der Waals surface area contributed by atoms with E-state index in [0.717, 1.165) is 38.3 Å². The first-order valence-electron chi connectivity index (χ1n) is 11.1. The maximum absolute atomic E-state index is 14.1. The highest BCUT2D eigenvalue weighted by Crippen LogP contribution is 2.46. The summed E-state index contributed by atoms with van der Waals surface area (Å²) < 4.78 is 14.1. The molecule has 3 heterocycles. The second kappa shape index (κ2) is 7.39. The molecule has 158 valence electrons. The molecule has 0 aromatic heterocycles. The Morgan fingerprint density at radius 2 is 2.20 bits per heavy atom. The Morgan fingerprint density at radius 3 is 2.87 bits per heavy atom. The summed E-state index contributed by atoms with van der Waals surface area (Å²) in [6.45, 7) is 6.65. The lowest BCUT2D eigenvalue weighted by atomic mass is 9.80. The van der Waals surface area contributed by atoms with E-state index in [4.69, 9.17) is 0 Å². The largest absolute Gasteiger partial charge is 0.355 e. The lowest BCUT2D eigenvalue weighted by Crippen LogP contribution is -2.64. The van der Waals surface area contributed by atoms with Crippen molar-refractivity contribution in [2.45, 2.75) is 63.6 Å². The van der Waals surface area contributed by atoms with Crippen LogP contribution in [-0.2, 0) is 0 Å². The molecular weight excluding hydrogens is 379 g/mol. The molecule has 4 aliphatic rings. The highest BCUT2D eigenvalue weighted by Gasteiger charge is 2.57. The van der Waals surface area contributed by atoms with Crippen molar-refractivity contribution in [1.82, 2.24) is 9.80 Å². The van der Waals surface area contributed by atoms with E-state index in [9.17, 15) is 9.18 Å². The molecule has 3 aliphatic heterocycles. The molecule has 4 atom stereocenters. The topological polar surface area (TPSA) is 39.1 Å². The SMILES string of the molecule is CC#CCN1CC[C@@]2(C[C@@H]1C)C(N1CC3CCC1C3)=NC(=O)N2c1cccc(F)c1. The van der Waals surface area contributed by atoms with E-state index in [-0.39, 0.29) is 17.9 Å². The average Bonchev–Trinajstić information content (AvgIpc) is 3.41. The fourth-order valence-corrected chi connectivity index (χ4v) is 6.11. The van der Waals surface area contributed by atoms with Gasteiger partial charge in [-0.3, -0.25) is 9.80 Å². The predicted molar refractivity (Wildman–Crippen MR) is 116 cm³/mol. The first-order valence-corrected chi connectivity index (χ1v) is 11.1. The van der Waals surface area contributed by atoms with Crippen molar-refractivity contribution in [1.29, 1.82) is 0 Å². The van der Waals surface area contributed by atoms with E-state index in [1.54, 1.807) is 11.0 Å². The van der Waals surface area contributed by atoms with E-state index in [1.807, 2.05) is 13.0 Å². The summed E-state index contributed by atoms with van der Waals surface area (Å²) in [7, 11) is 0. The Hall–Kier alpha value is -2.39. The van der Waals surface area contributed by atoms with Gasteiger partial charge >= 0.3 is 6.03 Å². The van der Waals surface area contributed by atoms with Crippen LogP contribution in [0.1, 0.15) is 46.0 Å². The fraction of sp³-hybridized carbons (Fsp3) is 0.583. The molecule has 2 amide bonds. The third-order valence-corrected chi connectivity index (χ3v) is 7.51. The summed E-state index contributed by atoms with van der Waals surface area (Å²) in [5.74, 6) is 7.48. The third kappa shape index (κ3) is 3.02. The number of carbonyl (C=O) groups is 1. The summed E-state index contributed by atoms with van der Waals surface area (Å²) in [6.07, 6.45) is 5.24. The van der Waals surface area contributed by atoms with Crippen molar-refractivity contribution in [3.05, 3.63) is 30.1 Å². The minimum Gasteiger partial charge on any atom is -0.355 e. The number of aliphatic imine (C=N–C) groups is 1. The van der Waals surface area contributed by atoms with Gasteiger partial charge in [0.15, 0.2) is 0 Å². The summed E-state index contributed by atoms with van der Waals surface area (Å²) in [6, 6.07) is 6.89. The van der Waals surface area contributed by atoms with Crippen molar-refractivity contribution in [2.75, 3.05) is 24.5 Å². The number of amides is 2. The van der Waals surface area contributed by atoms with E-state index in [0.29, 0.717) is 17.6 Å². The molecular formula is C24H29FN4O.